The molecule has 1 heterocycles. The minimum absolute atomic E-state index is 0.154. The van der Waals surface area contributed by atoms with Crippen LogP contribution in [0.3, 0.4) is 0 Å². The van der Waals surface area contributed by atoms with Crippen LogP contribution in [0.4, 0.5) is 0 Å². The lowest BCUT2D eigenvalue weighted by Crippen LogP contribution is -2.08. The van der Waals surface area contributed by atoms with Gasteiger partial charge in [-0.15, -0.1) is 0 Å². The molecule has 1 N–H and O–H groups in total. The van der Waals surface area contributed by atoms with Crippen LogP contribution < -0.4 is 9.47 Å². The molecule has 244 valence electrons. The van der Waals surface area contributed by atoms with Gasteiger partial charge in [0, 0.05) is 24.7 Å². The van der Waals surface area contributed by atoms with E-state index in [0.29, 0.717) is 47.9 Å². The molecule has 5 aromatic rings. The van der Waals surface area contributed by atoms with E-state index in [1.807, 2.05) is 30.3 Å². The maximum absolute atomic E-state index is 12.1. The molecule has 4 aromatic carbocycles. The van der Waals surface area contributed by atoms with Crippen molar-refractivity contribution in [3.63, 3.8) is 0 Å². The van der Waals surface area contributed by atoms with E-state index in [2.05, 4.69) is 68.1 Å². The highest BCUT2D eigenvalue weighted by Crippen LogP contribution is 2.37. The predicted octanol–water partition coefficient (Wildman–Crippen LogP) is 10.1. The lowest BCUT2D eigenvalue weighted by molar-refractivity contribution is -0.138. The summed E-state index contributed by atoms with van der Waals surface area (Å²) in [6.45, 7) is 8.43. The number of carbonyl (C=O) groups excluding carboxylic acids is 1. The number of hydrogen-bond acceptors (Lipinski definition) is 6. The smallest absolute Gasteiger partial charge is 0.333 e. The Bertz CT molecular complexity index is 1760. The number of aliphatic hydroxyl groups is 1. The quantitative estimate of drug-likeness (QED) is 0.0624. The first-order valence-electron chi connectivity index (χ1n) is 16.5. The van der Waals surface area contributed by atoms with Gasteiger partial charge < -0.3 is 23.7 Å². The van der Waals surface area contributed by atoms with Gasteiger partial charge >= 0.3 is 5.97 Å². The van der Waals surface area contributed by atoms with Crippen molar-refractivity contribution in [1.82, 2.24) is 0 Å². The summed E-state index contributed by atoms with van der Waals surface area (Å²) in [5, 5.41) is 9.81. The number of aryl methyl sites for hydroxylation is 1. The molecule has 0 radical (unpaired) electrons. The number of esters is 1. The third-order valence-electron chi connectivity index (χ3n) is 8.14. The predicted molar refractivity (Wildman–Crippen MR) is 188 cm³/mol. The minimum atomic E-state index is -0.414. The Labute approximate surface area is 277 Å². The molecule has 0 aliphatic rings. The SMILES string of the molecule is C=C(C)C(=O)OCCc1cc(-c2ccc(-c3ccc(CCCCC)cc3)cc2)ccc1Oc1coc2cc(OCCCCO)ccc12. The number of rotatable bonds is 17. The van der Waals surface area contributed by atoms with Gasteiger partial charge in [0.2, 0.25) is 0 Å². The molecule has 0 fully saturated rings. The first kappa shape index (κ1) is 33.6. The van der Waals surface area contributed by atoms with Gasteiger partial charge in [0.15, 0.2) is 5.75 Å². The van der Waals surface area contributed by atoms with Gasteiger partial charge in [0.25, 0.3) is 0 Å². The van der Waals surface area contributed by atoms with Crippen LogP contribution in [0.2, 0.25) is 0 Å². The number of benzene rings is 4. The van der Waals surface area contributed by atoms with E-state index in [-0.39, 0.29) is 13.2 Å². The Hall–Kier alpha value is -4.81. The Morgan fingerprint density at radius 2 is 1.47 bits per heavy atom. The average molecular weight is 633 g/mol. The second kappa shape index (κ2) is 16.7. The zero-order valence-corrected chi connectivity index (χ0v) is 27.4. The molecule has 6 heteroatoms. The van der Waals surface area contributed by atoms with Gasteiger partial charge in [-0.3, -0.25) is 0 Å². The Morgan fingerprint density at radius 1 is 0.766 bits per heavy atom. The summed E-state index contributed by atoms with van der Waals surface area (Å²) in [5.74, 6) is 1.53. The summed E-state index contributed by atoms with van der Waals surface area (Å²) in [6.07, 6.45) is 8.39. The van der Waals surface area contributed by atoms with Crippen molar-refractivity contribution in [3.05, 3.63) is 114 Å². The molecule has 0 saturated carbocycles. The fourth-order valence-electron chi connectivity index (χ4n) is 5.40. The number of unbranched alkanes of at least 4 members (excludes halogenated alkanes) is 3. The van der Waals surface area contributed by atoms with Crippen molar-refractivity contribution in [2.45, 2.75) is 58.8 Å². The summed E-state index contributed by atoms with van der Waals surface area (Å²) in [6, 6.07) is 29.2. The zero-order valence-electron chi connectivity index (χ0n) is 27.4. The average Bonchev–Trinajstić information content (AvgIpc) is 3.49. The summed E-state index contributed by atoms with van der Waals surface area (Å²) in [5.41, 5.74) is 7.79. The molecule has 0 aliphatic heterocycles. The molecule has 0 spiro atoms. The van der Waals surface area contributed by atoms with Crippen LogP contribution >= 0.6 is 0 Å². The lowest BCUT2D eigenvalue weighted by Gasteiger charge is -2.14. The topological polar surface area (TPSA) is 78.1 Å². The second-order valence-corrected chi connectivity index (χ2v) is 11.9. The van der Waals surface area contributed by atoms with Gasteiger partial charge in [0.1, 0.15) is 23.3 Å². The van der Waals surface area contributed by atoms with E-state index in [1.165, 1.54) is 36.0 Å². The van der Waals surface area contributed by atoms with E-state index >= 15 is 0 Å². The monoisotopic (exact) mass is 632 g/mol. The number of fused-ring (bicyclic) bond motifs is 1. The molecule has 0 atom stereocenters. The second-order valence-electron chi connectivity index (χ2n) is 11.9. The van der Waals surface area contributed by atoms with E-state index in [9.17, 15) is 4.79 Å². The lowest BCUT2D eigenvalue weighted by atomic mass is 9.97. The van der Waals surface area contributed by atoms with Crippen molar-refractivity contribution < 1.29 is 28.5 Å². The van der Waals surface area contributed by atoms with Crippen LogP contribution in [0.25, 0.3) is 33.2 Å². The van der Waals surface area contributed by atoms with Crippen LogP contribution in [0.5, 0.6) is 17.2 Å². The van der Waals surface area contributed by atoms with E-state index in [4.69, 9.17) is 23.7 Å². The maximum atomic E-state index is 12.1. The number of carbonyl (C=O) groups is 1. The molecule has 5 rings (SSSR count). The highest BCUT2D eigenvalue weighted by molar-refractivity contribution is 5.87. The molecule has 0 aliphatic carbocycles. The molecule has 0 amide bonds. The van der Waals surface area contributed by atoms with E-state index in [1.54, 1.807) is 13.2 Å². The molecule has 6 nitrogen and oxygen atoms in total. The maximum Gasteiger partial charge on any atom is 0.333 e. The fourth-order valence-corrected chi connectivity index (χ4v) is 5.40. The molecule has 47 heavy (non-hydrogen) atoms. The summed E-state index contributed by atoms with van der Waals surface area (Å²) >= 11 is 0. The van der Waals surface area contributed by atoms with Gasteiger partial charge in [0.05, 0.1) is 18.6 Å². The normalized spacial score (nSPS) is 11.0. The highest BCUT2D eigenvalue weighted by Gasteiger charge is 2.14. The van der Waals surface area contributed by atoms with Crippen LogP contribution in [0, 0.1) is 0 Å². The van der Waals surface area contributed by atoms with Crippen LogP contribution in [-0.4, -0.2) is 30.9 Å². The molecular weight excluding hydrogens is 588 g/mol. The molecule has 0 bridgehead atoms. The van der Waals surface area contributed by atoms with Crippen LogP contribution in [0.1, 0.15) is 57.1 Å². The van der Waals surface area contributed by atoms with E-state index < -0.39 is 5.97 Å². The molecule has 0 unspecified atom stereocenters. The van der Waals surface area contributed by atoms with Crippen molar-refractivity contribution in [1.29, 1.82) is 0 Å². The Kier molecular flexibility index (Phi) is 11.9. The number of hydrogen-bond donors (Lipinski definition) is 1. The summed E-state index contributed by atoms with van der Waals surface area (Å²) in [7, 11) is 0. The largest absolute Gasteiger partial charge is 0.493 e. The first-order valence-corrected chi connectivity index (χ1v) is 16.5. The Morgan fingerprint density at radius 3 is 2.17 bits per heavy atom. The van der Waals surface area contributed by atoms with Gasteiger partial charge in [-0.1, -0.05) is 80.9 Å². The van der Waals surface area contributed by atoms with Gasteiger partial charge in [-0.05, 0) is 90.3 Å². The third-order valence-corrected chi connectivity index (χ3v) is 8.14. The summed E-state index contributed by atoms with van der Waals surface area (Å²) < 4.78 is 23.4. The fraction of sp³-hybridized carbons (Fsp3) is 0.293. The van der Waals surface area contributed by atoms with Crippen molar-refractivity contribution in [3.8, 4) is 39.5 Å². The number of aliphatic hydroxyl groups excluding tert-OH is 1. The first-order chi connectivity index (χ1) is 22.9. The van der Waals surface area contributed by atoms with Crippen LogP contribution in [0.15, 0.2) is 108 Å². The number of furan rings is 1. The minimum Gasteiger partial charge on any atom is -0.493 e. The molecular formula is C41H44O6. The van der Waals surface area contributed by atoms with Crippen molar-refractivity contribution in [2.75, 3.05) is 19.8 Å². The van der Waals surface area contributed by atoms with Crippen molar-refractivity contribution in [2.24, 2.45) is 0 Å². The number of ether oxygens (including phenoxy) is 3. The van der Waals surface area contributed by atoms with Crippen LogP contribution in [-0.2, 0) is 22.4 Å². The third kappa shape index (κ3) is 9.14. The van der Waals surface area contributed by atoms with E-state index in [0.717, 1.165) is 34.9 Å². The van der Waals surface area contributed by atoms with Crippen molar-refractivity contribution >= 4 is 16.9 Å². The summed E-state index contributed by atoms with van der Waals surface area (Å²) in [4.78, 5) is 12.1. The molecule has 1 aromatic heterocycles. The van der Waals surface area contributed by atoms with Gasteiger partial charge in [-0.2, -0.15) is 0 Å². The highest BCUT2D eigenvalue weighted by atomic mass is 16.5. The molecule has 0 saturated heterocycles. The Balaban J connectivity index is 1.34. The van der Waals surface area contributed by atoms with Gasteiger partial charge in [-0.25, -0.2) is 4.79 Å². The zero-order chi connectivity index (χ0) is 33.0. The standard InChI is InChI=1S/C41H44O6/c1-4-5-6-9-30-10-12-31(13-11-30)32-14-16-33(17-15-32)34-18-21-38(35(26-34)22-25-45-41(43)29(2)3)47-40-28-46-39-27-36(19-20-37(39)40)44-24-8-7-23-42/h10-21,26-28,42H,2,4-9,22-25H2,1,3H3.